The number of carbonyl (C=O) groups excluding carboxylic acids is 2. The van der Waals surface area contributed by atoms with Gasteiger partial charge in [-0.3, -0.25) is 24.4 Å². The average Bonchev–Trinajstić information content (AvgIpc) is 2.56. The summed E-state index contributed by atoms with van der Waals surface area (Å²) < 4.78 is 0. The van der Waals surface area contributed by atoms with Gasteiger partial charge in [0.25, 0.3) is 0 Å². The highest BCUT2D eigenvalue weighted by atomic mass is 16.2. The number of amides is 2. The monoisotopic (exact) mass is 297 g/mol. The van der Waals surface area contributed by atoms with Crippen molar-refractivity contribution in [2.45, 2.75) is 32.4 Å². The second-order valence-electron chi connectivity index (χ2n) is 5.49. The second kappa shape index (κ2) is 6.13. The number of para-hydroxylation sites is 1. The van der Waals surface area contributed by atoms with Crippen LogP contribution in [-0.2, 0) is 9.59 Å². The van der Waals surface area contributed by atoms with Crippen LogP contribution < -0.4 is 4.90 Å². The molecule has 0 N–H and O–H groups in total. The van der Waals surface area contributed by atoms with E-state index in [1.54, 1.807) is 28.4 Å². The molecule has 5 nitrogen and oxygen atoms in total. The first kappa shape index (κ1) is 14.5. The molecule has 2 unspecified atom stereocenters. The maximum atomic E-state index is 12.9. The van der Waals surface area contributed by atoms with Crippen molar-refractivity contribution in [3.05, 3.63) is 42.7 Å². The van der Waals surface area contributed by atoms with Crippen molar-refractivity contribution in [3.63, 3.8) is 0 Å². The molecule has 3 rings (SSSR count). The predicted octanol–water partition coefficient (Wildman–Crippen LogP) is 2.55. The molecule has 2 atom stereocenters. The Hall–Kier alpha value is -2.43. The summed E-state index contributed by atoms with van der Waals surface area (Å²) in [6.45, 7) is 2.06. The van der Waals surface area contributed by atoms with Gasteiger partial charge < -0.3 is 0 Å². The summed E-state index contributed by atoms with van der Waals surface area (Å²) in [7, 11) is 0. The van der Waals surface area contributed by atoms with Crippen molar-refractivity contribution in [2.75, 3.05) is 4.90 Å². The van der Waals surface area contributed by atoms with E-state index < -0.39 is 12.1 Å². The van der Waals surface area contributed by atoms with Gasteiger partial charge >= 0.3 is 0 Å². The third-order valence-corrected chi connectivity index (χ3v) is 4.05. The Morgan fingerprint density at radius 1 is 1.14 bits per heavy atom. The van der Waals surface area contributed by atoms with Crippen LogP contribution in [0.3, 0.4) is 0 Å². The molecular formula is C17H19N3O2. The fourth-order valence-electron chi connectivity index (χ4n) is 2.90. The maximum absolute atomic E-state index is 12.9. The first-order valence-corrected chi connectivity index (χ1v) is 7.64. The van der Waals surface area contributed by atoms with Crippen molar-refractivity contribution < 1.29 is 9.59 Å². The highest BCUT2D eigenvalue weighted by molar-refractivity contribution is 6.13. The number of carbonyl (C=O) groups is 2. The molecule has 2 heterocycles. The molecule has 1 aromatic carbocycles. The lowest BCUT2D eigenvalue weighted by Crippen LogP contribution is -2.62. The van der Waals surface area contributed by atoms with Crippen molar-refractivity contribution in [2.24, 2.45) is 10.9 Å². The van der Waals surface area contributed by atoms with Gasteiger partial charge in [-0.05, 0) is 18.6 Å². The zero-order chi connectivity index (χ0) is 15.5. The molecule has 1 fully saturated rings. The SMILES string of the molecule is CCCCC1C(=O)N2C=CN=CC2N(c2ccccc2)C1=O. The number of benzene rings is 1. The summed E-state index contributed by atoms with van der Waals surface area (Å²) >= 11 is 0. The zero-order valence-electron chi connectivity index (χ0n) is 12.6. The van der Waals surface area contributed by atoms with Gasteiger partial charge in [-0.1, -0.05) is 38.0 Å². The summed E-state index contributed by atoms with van der Waals surface area (Å²) in [5.41, 5.74) is 0.790. The van der Waals surface area contributed by atoms with E-state index in [4.69, 9.17) is 0 Å². The normalized spacial score (nSPS) is 23.9. The first-order chi connectivity index (χ1) is 10.7. The molecule has 22 heavy (non-hydrogen) atoms. The molecule has 0 aliphatic carbocycles. The number of nitrogens with zero attached hydrogens (tertiary/aromatic N) is 3. The van der Waals surface area contributed by atoms with Crippen LogP contribution in [-0.4, -0.2) is 29.1 Å². The van der Waals surface area contributed by atoms with Crippen molar-refractivity contribution in [1.82, 2.24) is 4.90 Å². The molecular weight excluding hydrogens is 278 g/mol. The van der Waals surface area contributed by atoms with Crippen LogP contribution in [0.2, 0.25) is 0 Å². The number of hydrogen-bond donors (Lipinski definition) is 0. The minimum Gasteiger partial charge on any atom is -0.290 e. The van der Waals surface area contributed by atoms with E-state index >= 15 is 0 Å². The highest BCUT2D eigenvalue weighted by Gasteiger charge is 2.45. The minimum atomic E-state index is -0.604. The Bertz CT molecular complexity index is 624. The van der Waals surface area contributed by atoms with Crippen LogP contribution in [0.1, 0.15) is 26.2 Å². The third-order valence-electron chi connectivity index (χ3n) is 4.05. The van der Waals surface area contributed by atoms with E-state index in [1.807, 2.05) is 30.3 Å². The summed E-state index contributed by atoms with van der Waals surface area (Å²) in [6, 6.07) is 9.45. The summed E-state index contributed by atoms with van der Waals surface area (Å²) in [5, 5.41) is 0. The molecule has 1 saturated heterocycles. The molecule has 0 spiro atoms. The van der Waals surface area contributed by atoms with Crippen LogP contribution in [0.4, 0.5) is 5.69 Å². The molecule has 1 aromatic rings. The average molecular weight is 297 g/mol. The number of hydrogen-bond acceptors (Lipinski definition) is 3. The van der Waals surface area contributed by atoms with Gasteiger partial charge in [-0.2, -0.15) is 0 Å². The smallest absolute Gasteiger partial charge is 0.241 e. The van der Waals surface area contributed by atoms with E-state index in [9.17, 15) is 9.59 Å². The Labute approximate surface area is 129 Å². The van der Waals surface area contributed by atoms with Crippen LogP contribution >= 0.6 is 0 Å². The minimum absolute atomic E-state index is 0.127. The van der Waals surface area contributed by atoms with Crippen molar-refractivity contribution >= 4 is 23.7 Å². The fourth-order valence-corrected chi connectivity index (χ4v) is 2.90. The lowest BCUT2D eigenvalue weighted by atomic mass is 9.95. The van der Waals surface area contributed by atoms with Gasteiger partial charge in [0.1, 0.15) is 5.92 Å². The summed E-state index contributed by atoms with van der Waals surface area (Å²) in [4.78, 5) is 32.9. The van der Waals surface area contributed by atoms with Gasteiger partial charge in [-0.25, -0.2) is 0 Å². The van der Waals surface area contributed by atoms with E-state index in [0.29, 0.717) is 6.42 Å². The van der Waals surface area contributed by atoms with E-state index in [1.165, 1.54) is 0 Å². The largest absolute Gasteiger partial charge is 0.290 e. The number of unbranched alkanes of at least 4 members (excludes halogenated alkanes) is 1. The van der Waals surface area contributed by atoms with Crippen molar-refractivity contribution in [1.29, 1.82) is 0 Å². The number of fused-ring (bicyclic) bond motifs is 1. The lowest BCUT2D eigenvalue weighted by molar-refractivity contribution is -0.144. The zero-order valence-corrected chi connectivity index (χ0v) is 12.6. The molecule has 114 valence electrons. The van der Waals surface area contributed by atoms with Crippen LogP contribution in [0.25, 0.3) is 0 Å². The molecule has 2 aliphatic heterocycles. The Kier molecular flexibility index (Phi) is 4.04. The van der Waals surface area contributed by atoms with Gasteiger partial charge in [0.05, 0.1) is 0 Å². The van der Waals surface area contributed by atoms with Gasteiger partial charge in [0.15, 0.2) is 6.17 Å². The quantitative estimate of drug-likeness (QED) is 0.802. The number of rotatable bonds is 4. The van der Waals surface area contributed by atoms with Crippen LogP contribution in [0, 0.1) is 5.92 Å². The second-order valence-corrected chi connectivity index (χ2v) is 5.49. The highest BCUT2D eigenvalue weighted by Crippen LogP contribution is 2.30. The molecule has 0 saturated carbocycles. The predicted molar refractivity (Wildman–Crippen MR) is 85.2 cm³/mol. The van der Waals surface area contributed by atoms with Gasteiger partial charge in [0.2, 0.25) is 11.8 Å². The number of aliphatic imine (C=N–C) groups is 1. The lowest BCUT2D eigenvalue weighted by Gasteiger charge is -2.43. The molecule has 0 radical (unpaired) electrons. The van der Waals surface area contributed by atoms with Gasteiger partial charge in [0, 0.05) is 24.3 Å². The summed E-state index contributed by atoms with van der Waals surface area (Å²) in [6.07, 6.45) is 6.83. The maximum Gasteiger partial charge on any atom is 0.241 e. The van der Waals surface area contributed by atoms with E-state index in [2.05, 4.69) is 11.9 Å². The van der Waals surface area contributed by atoms with Crippen LogP contribution in [0.15, 0.2) is 47.7 Å². The first-order valence-electron chi connectivity index (χ1n) is 7.64. The van der Waals surface area contributed by atoms with E-state index in [-0.39, 0.29) is 11.8 Å². The Morgan fingerprint density at radius 3 is 2.64 bits per heavy atom. The van der Waals surface area contributed by atoms with Gasteiger partial charge in [-0.15, -0.1) is 0 Å². The molecule has 0 aromatic heterocycles. The topological polar surface area (TPSA) is 53.0 Å². The molecule has 2 aliphatic rings. The Balaban J connectivity index is 1.99. The molecule has 5 heteroatoms. The third kappa shape index (κ3) is 2.43. The summed E-state index contributed by atoms with van der Waals surface area (Å²) in [5.74, 6) is -0.863. The standard InChI is InChI=1S/C17H19N3O2/c1-2-3-9-14-16(21)19-11-10-18-12-15(19)20(17(14)22)13-7-5-4-6-8-13/h4-8,10-12,14-15H,2-3,9H2,1H3. The number of anilines is 1. The molecule has 2 amide bonds. The molecule has 0 bridgehead atoms. The Morgan fingerprint density at radius 2 is 1.91 bits per heavy atom. The van der Waals surface area contributed by atoms with E-state index in [0.717, 1.165) is 18.5 Å². The van der Waals surface area contributed by atoms with Crippen LogP contribution in [0.5, 0.6) is 0 Å². The fraction of sp³-hybridized carbons (Fsp3) is 0.353. The van der Waals surface area contributed by atoms with Crippen molar-refractivity contribution in [3.8, 4) is 0 Å².